The number of anilines is 1. The highest BCUT2D eigenvalue weighted by molar-refractivity contribution is 7.98. The summed E-state index contributed by atoms with van der Waals surface area (Å²) in [5.41, 5.74) is 0.945. The van der Waals surface area contributed by atoms with Crippen molar-refractivity contribution in [3.05, 3.63) is 53.8 Å². The molecule has 0 saturated heterocycles. The first-order chi connectivity index (χ1) is 13.6. The van der Waals surface area contributed by atoms with E-state index in [0.29, 0.717) is 22.8 Å². The van der Waals surface area contributed by atoms with E-state index < -0.39 is 0 Å². The molecule has 0 saturated carbocycles. The van der Waals surface area contributed by atoms with Gasteiger partial charge >= 0.3 is 0 Å². The Morgan fingerprint density at radius 1 is 1.18 bits per heavy atom. The maximum Gasteiger partial charge on any atom is 0.260 e. The standard InChI is InChI=1S/C21H24FN3OS2/c1-4-24(5-2)13-14-25(20(26)15-9-11-16(27-3)12-10-15)21-23-19-17(22)7-6-8-18(19)28-21/h6-12H,4-5,13-14H2,1-3H3/p+1. The summed E-state index contributed by atoms with van der Waals surface area (Å²) in [6.45, 7) is 7.63. The molecule has 0 aliphatic carbocycles. The summed E-state index contributed by atoms with van der Waals surface area (Å²) < 4.78 is 14.9. The van der Waals surface area contributed by atoms with Gasteiger partial charge in [0.25, 0.3) is 5.91 Å². The predicted octanol–water partition coefficient (Wildman–Crippen LogP) is 3.73. The van der Waals surface area contributed by atoms with Crippen molar-refractivity contribution in [2.75, 3.05) is 37.3 Å². The number of rotatable bonds is 8. The topological polar surface area (TPSA) is 37.6 Å². The third-order valence-corrected chi connectivity index (χ3v) is 6.65. The fourth-order valence-electron chi connectivity index (χ4n) is 3.07. The zero-order valence-corrected chi connectivity index (χ0v) is 18.0. The van der Waals surface area contributed by atoms with Crippen LogP contribution in [0.2, 0.25) is 0 Å². The van der Waals surface area contributed by atoms with E-state index in [1.807, 2.05) is 36.6 Å². The summed E-state index contributed by atoms with van der Waals surface area (Å²) in [4.78, 5) is 21.9. The van der Waals surface area contributed by atoms with Crippen molar-refractivity contribution in [3.8, 4) is 0 Å². The van der Waals surface area contributed by atoms with Crippen molar-refractivity contribution in [1.29, 1.82) is 0 Å². The molecule has 0 bridgehead atoms. The number of hydrogen-bond donors (Lipinski definition) is 1. The Kier molecular flexibility index (Phi) is 7.04. The largest absolute Gasteiger partial charge is 0.334 e. The van der Waals surface area contributed by atoms with Crippen molar-refractivity contribution in [2.24, 2.45) is 0 Å². The lowest BCUT2D eigenvalue weighted by Gasteiger charge is -2.23. The van der Waals surface area contributed by atoms with Crippen molar-refractivity contribution in [2.45, 2.75) is 18.7 Å². The molecule has 1 amide bonds. The molecular formula is C21H25FN3OS2+. The van der Waals surface area contributed by atoms with E-state index >= 15 is 0 Å². The van der Waals surface area contributed by atoms with E-state index in [1.54, 1.807) is 22.7 Å². The van der Waals surface area contributed by atoms with Gasteiger partial charge in [-0.15, -0.1) is 11.8 Å². The van der Waals surface area contributed by atoms with Crippen LogP contribution in [-0.2, 0) is 0 Å². The number of halogens is 1. The molecule has 2 aromatic carbocycles. The van der Waals surface area contributed by atoms with Gasteiger partial charge in [0.15, 0.2) is 5.13 Å². The first kappa shape index (κ1) is 20.8. The Morgan fingerprint density at radius 3 is 2.50 bits per heavy atom. The molecule has 3 aromatic rings. The van der Waals surface area contributed by atoms with Gasteiger partial charge in [-0.25, -0.2) is 9.37 Å². The number of likely N-dealkylation sites (N-methyl/N-ethyl adjacent to an activating group) is 1. The fourth-order valence-corrected chi connectivity index (χ4v) is 4.48. The zero-order valence-electron chi connectivity index (χ0n) is 16.4. The molecule has 0 fully saturated rings. The second-order valence-electron chi connectivity index (χ2n) is 6.48. The molecule has 1 heterocycles. The minimum absolute atomic E-state index is 0.0985. The fraction of sp³-hybridized carbons (Fsp3) is 0.333. The summed E-state index contributed by atoms with van der Waals surface area (Å²) >= 11 is 3.00. The van der Waals surface area contributed by atoms with Crippen LogP contribution >= 0.6 is 23.1 Å². The van der Waals surface area contributed by atoms with E-state index in [2.05, 4.69) is 18.8 Å². The summed E-state index contributed by atoms with van der Waals surface area (Å²) in [6, 6.07) is 12.5. The highest BCUT2D eigenvalue weighted by Crippen LogP contribution is 2.31. The number of nitrogens with one attached hydrogen (secondary N) is 1. The number of nitrogens with zero attached hydrogens (tertiary/aromatic N) is 2. The molecule has 0 aliphatic heterocycles. The number of hydrogen-bond acceptors (Lipinski definition) is 4. The van der Waals surface area contributed by atoms with Crippen molar-refractivity contribution in [3.63, 3.8) is 0 Å². The van der Waals surface area contributed by atoms with Gasteiger partial charge in [0, 0.05) is 10.5 Å². The lowest BCUT2D eigenvalue weighted by Crippen LogP contribution is -3.12. The minimum Gasteiger partial charge on any atom is -0.334 e. The Balaban J connectivity index is 1.95. The highest BCUT2D eigenvalue weighted by atomic mass is 32.2. The van der Waals surface area contributed by atoms with Gasteiger partial charge in [-0.2, -0.15) is 0 Å². The van der Waals surface area contributed by atoms with Crippen molar-refractivity contribution >= 4 is 44.4 Å². The Bertz CT molecular complexity index is 938. The van der Waals surface area contributed by atoms with Crippen LogP contribution in [0.5, 0.6) is 0 Å². The van der Waals surface area contributed by atoms with E-state index in [-0.39, 0.29) is 11.7 Å². The van der Waals surface area contributed by atoms with Gasteiger partial charge in [-0.1, -0.05) is 17.4 Å². The molecule has 3 rings (SSSR count). The van der Waals surface area contributed by atoms with Crippen LogP contribution in [-0.4, -0.2) is 43.3 Å². The second-order valence-corrected chi connectivity index (χ2v) is 8.36. The number of carbonyl (C=O) groups is 1. The lowest BCUT2D eigenvalue weighted by molar-refractivity contribution is -0.894. The van der Waals surface area contributed by atoms with Crippen molar-refractivity contribution in [1.82, 2.24) is 4.98 Å². The summed E-state index contributed by atoms with van der Waals surface area (Å²) in [5, 5.41) is 0.547. The summed E-state index contributed by atoms with van der Waals surface area (Å²) in [7, 11) is 0. The first-order valence-electron chi connectivity index (χ1n) is 9.41. The normalized spacial score (nSPS) is 11.3. The molecule has 0 unspecified atom stereocenters. The molecular weight excluding hydrogens is 393 g/mol. The minimum atomic E-state index is -0.355. The third-order valence-electron chi connectivity index (χ3n) is 4.86. The summed E-state index contributed by atoms with van der Waals surface area (Å²) in [6.07, 6.45) is 2.01. The van der Waals surface area contributed by atoms with Gasteiger partial charge in [0.05, 0.1) is 30.9 Å². The number of carbonyl (C=O) groups excluding carboxylic acids is 1. The van der Waals surface area contributed by atoms with Crippen LogP contribution in [0.1, 0.15) is 24.2 Å². The van der Waals surface area contributed by atoms with Gasteiger partial charge < -0.3 is 4.90 Å². The molecule has 0 radical (unpaired) electrons. The Labute approximate surface area is 173 Å². The predicted molar refractivity (Wildman–Crippen MR) is 116 cm³/mol. The number of thiazole rings is 1. The van der Waals surface area contributed by atoms with Crippen LogP contribution in [0.4, 0.5) is 9.52 Å². The molecule has 1 aromatic heterocycles. The van der Waals surface area contributed by atoms with Crippen LogP contribution in [0.15, 0.2) is 47.4 Å². The first-order valence-corrected chi connectivity index (χ1v) is 11.5. The number of para-hydroxylation sites is 1. The van der Waals surface area contributed by atoms with E-state index in [9.17, 15) is 9.18 Å². The quantitative estimate of drug-likeness (QED) is 0.567. The highest BCUT2D eigenvalue weighted by Gasteiger charge is 2.23. The number of thioether (sulfide) groups is 1. The molecule has 7 heteroatoms. The van der Waals surface area contributed by atoms with E-state index in [1.165, 1.54) is 22.3 Å². The van der Waals surface area contributed by atoms with E-state index in [4.69, 9.17) is 0 Å². The van der Waals surface area contributed by atoms with Crippen LogP contribution in [0.25, 0.3) is 10.2 Å². The molecule has 28 heavy (non-hydrogen) atoms. The number of benzene rings is 2. The SMILES string of the molecule is CC[NH+](CC)CCN(C(=O)c1ccc(SC)cc1)c1nc2c(F)cccc2s1. The number of aromatic nitrogens is 1. The van der Waals surface area contributed by atoms with Crippen LogP contribution in [0.3, 0.4) is 0 Å². The second kappa shape index (κ2) is 9.49. The number of fused-ring (bicyclic) bond motifs is 1. The van der Waals surface area contributed by atoms with Gasteiger partial charge in [-0.3, -0.25) is 9.69 Å². The smallest absolute Gasteiger partial charge is 0.260 e. The van der Waals surface area contributed by atoms with Crippen LogP contribution in [0, 0.1) is 5.82 Å². The Hall–Kier alpha value is -1.96. The maximum absolute atomic E-state index is 14.1. The maximum atomic E-state index is 14.1. The number of amides is 1. The van der Waals surface area contributed by atoms with Gasteiger partial charge in [-0.05, 0) is 56.5 Å². The third kappa shape index (κ3) is 4.54. The molecule has 0 aliphatic rings. The van der Waals surface area contributed by atoms with Crippen LogP contribution < -0.4 is 9.80 Å². The van der Waals surface area contributed by atoms with E-state index in [0.717, 1.165) is 29.2 Å². The van der Waals surface area contributed by atoms with Crippen molar-refractivity contribution < 1.29 is 14.1 Å². The van der Waals surface area contributed by atoms with Gasteiger partial charge in [0.2, 0.25) is 0 Å². The molecule has 148 valence electrons. The van der Waals surface area contributed by atoms with Gasteiger partial charge in [0.1, 0.15) is 11.3 Å². The molecule has 4 nitrogen and oxygen atoms in total. The number of quaternary nitrogens is 1. The monoisotopic (exact) mass is 418 g/mol. The average molecular weight is 419 g/mol. The molecule has 1 N–H and O–H groups in total. The zero-order chi connectivity index (χ0) is 20.1. The summed E-state index contributed by atoms with van der Waals surface area (Å²) in [5.74, 6) is -0.454. The molecule has 0 atom stereocenters. The lowest BCUT2D eigenvalue weighted by atomic mass is 10.2. The molecule has 0 spiro atoms. The average Bonchev–Trinajstić information content (AvgIpc) is 3.16. The Morgan fingerprint density at radius 2 is 1.89 bits per heavy atom.